The molecule has 0 aliphatic rings. The lowest BCUT2D eigenvalue weighted by atomic mass is 9.91. The Morgan fingerprint density at radius 1 is 1.15 bits per heavy atom. The van der Waals surface area contributed by atoms with E-state index in [1.165, 1.54) is 5.57 Å². The van der Waals surface area contributed by atoms with Crippen LogP contribution in [0.5, 0.6) is 0 Å². The van der Waals surface area contributed by atoms with Crippen LogP contribution in [0.2, 0.25) is 0 Å². The molecule has 0 aliphatic carbocycles. The van der Waals surface area contributed by atoms with Crippen LogP contribution >= 0.6 is 0 Å². The molecule has 0 radical (unpaired) electrons. The Morgan fingerprint density at radius 2 is 1.69 bits per heavy atom. The molecule has 74 valence electrons. The predicted octanol–water partition coefficient (Wildman–Crippen LogP) is 4.36. The molecule has 0 heteroatoms. The fraction of sp³-hybridized carbons (Fsp3) is 0.538. The summed E-state index contributed by atoms with van der Waals surface area (Å²) in [5.74, 6) is 1.19. The summed E-state index contributed by atoms with van der Waals surface area (Å²) >= 11 is 0. The summed E-state index contributed by atoms with van der Waals surface area (Å²) in [6, 6.07) is 0. The second kappa shape index (κ2) is 5.80. The van der Waals surface area contributed by atoms with E-state index in [-0.39, 0.29) is 0 Å². The summed E-state index contributed by atoms with van der Waals surface area (Å²) < 4.78 is 0. The molecule has 0 heterocycles. The molecule has 0 N–H and O–H groups in total. The van der Waals surface area contributed by atoms with Gasteiger partial charge in [0, 0.05) is 0 Å². The minimum absolute atomic E-state index is 0.490. The highest BCUT2D eigenvalue weighted by Gasteiger charge is 2.06. The van der Waals surface area contributed by atoms with E-state index in [4.69, 9.17) is 0 Å². The molecule has 0 bridgehead atoms. The number of allylic oxidation sites excluding steroid dienone is 3. The molecule has 0 rings (SSSR count). The van der Waals surface area contributed by atoms with Crippen molar-refractivity contribution in [1.29, 1.82) is 0 Å². The molecule has 0 saturated heterocycles. The van der Waals surface area contributed by atoms with Gasteiger partial charge >= 0.3 is 0 Å². The van der Waals surface area contributed by atoms with Gasteiger partial charge in [0.15, 0.2) is 0 Å². The first-order chi connectivity index (χ1) is 5.97. The molecule has 1 atom stereocenters. The van der Waals surface area contributed by atoms with Crippen molar-refractivity contribution in [3.63, 3.8) is 0 Å². The van der Waals surface area contributed by atoms with Gasteiger partial charge in [0.1, 0.15) is 0 Å². The summed E-state index contributed by atoms with van der Waals surface area (Å²) in [5, 5.41) is 0. The molecule has 0 nitrogen and oxygen atoms in total. The van der Waals surface area contributed by atoms with Gasteiger partial charge in [-0.2, -0.15) is 0 Å². The normalized spacial score (nSPS) is 12.6. The fourth-order valence-electron chi connectivity index (χ4n) is 1.43. The Balaban J connectivity index is 3.91. The third-order valence-corrected chi connectivity index (χ3v) is 2.19. The standard InChI is InChI=1S/C13H22/c1-7-12(5)13(6)9-11(4)8-10(2)3/h7,10,13H,1,4-5,8-9H2,2-3,6H3. The molecule has 0 aromatic carbocycles. The molecule has 0 aliphatic heterocycles. The number of rotatable bonds is 6. The molecular formula is C13H22. The van der Waals surface area contributed by atoms with Crippen LogP contribution < -0.4 is 0 Å². The minimum atomic E-state index is 0.490. The van der Waals surface area contributed by atoms with Gasteiger partial charge in [-0.15, -0.1) is 0 Å². The Labute approximate surface area is 83.0 Å². The maximum atomic E-state index is 4.08. The van der Waals surface area contributed by atoms with Crippen LogP contribution in [0.15, 0.2) is 37.0 Å². The van der Waals surface area contributed by atoms with Crippen LogP contribution in [0.1, 0.15) is 33.6 Å². The molecule has 0 aromatic rings. The van der Waals surface area contributed by atoms with Gasteiger partial charge in [-0.05, 0) is 24.7 Å². The Hall–Kier alpha value is -0.780. The van der Waals surface area contributed by atoms with Crippen LogP contribution in [0, 0.1) is 11.8 Å². The van der Waals surface area contributed by atoms with Gasteiger partial charge in [-0.25, -0.2) is 0 Å². The minimum Gasteiger partial charge on any atom is -0.0998 e. The van der Waals surface area contributed by atoms with Gasteiger partial charge < -0.3 is 0 Å². The fourth-order valence-corrected chi connectivity index (χ4v) is 1.43. The highest BCUT2D eigenvalue weighted by Crippen LogP contribution is 2.22. The summed E-state index contributed by atoms with van der Waals surface area (Å²) in [4.78, 5) is 0. The van der Waals surface area contributed by atoms with E-state index < -0.39 is 0 Å². The van der Waals surface area contributed by atoms with Crippen molar-refractivity contribution in [3.8, 4) is 0 Å². The zero-order valence-electron chi connectivity index (χ0n) is 9.27. The molecule has 0 saturated carbocycles. The van der Waals surface area contributed by atoms with Crippen LogP contribution in [-0.2, 0) is 0 Å². The van der Waals surface area contributed by atoms with E-state index in [1.54, 1.807) is 0 Å². The van der Waals surface area contributed by atoms with Gasteiger partial charge in [0.2, 0.25) is 0 Å². The van der Waals surface area contributed by atoms with Crippen LogP contribution in [0.4, 0.5) is 0 Å². The lowest BCUT2D eigenvalue weighted by Gasteiger charge is -2.14. The Kier molecular flexibility index (Phi) is 5.45. The largest absolute Gasteiger partial charge is 0.0998 e. The summed E-state index contributed by atoms with van der Waals surface area (Å²) in [6.45, 7) is 18.4. The summed E-state index contributed by atoms with van der Waals surface area (Å²) in [6.07, 6.45) is 4.01. The maximum absolute atomic E-state index is 4.08. The lowest BCUT2D eigenvalue weighted by molar-refractivity contribution is 0.591. The van der Waals surface area contributed by atoms with E-state index in [2.05, 4.69) is 40.5 Å². The van der Waals surface area contributed by atoms with Crippen molar-refractivity contribution in [2.45, 2.75) is 33.6 Å². The molecule has 0 aromatic heterocycles. The lowest BCUT2D eigenvalue weighted by Crippen LogP contribution is -2.00. The number of hydrogen-bond acceptors (Lipinski definition) is 0. The number of hydrogen-bond donors (Lipinski definition) is 0. The first kappa shape index (κ1) is 12.2. The van der Waals surface area contributed by atoms with Gasteiger partial charge in [-0.3, -0.25) is 0 Å². The molecule has 0 fully saturated rings. The molecule has 0 spiro atoms. The predicted molar refractivity (Wildman–Crippen MR) is 61.7 cm³/mol. The average molecular weight is 178 g/mol. The van der Waals surface area contributed by atoms with Gasteiger partial charge in [0.05, 0.1) is 0 Å². The van der Waals surface area contributed by atoms with Crippen molar-refractivity contribution >= 4 is 0 Å². The third kappa shape index (κ3) is 5.46. The van der Waals surface area contributed by atoms with Crippen LogP contribution in [0.25, 0.3) is 0 Å². The second-order valence-corrected chi connectivity index (χ2v) is 4.23. The van der Waals surface area contributed by atoms with E-state index in [1.807, 2.05) is 6.08 Å². The van der Waals surface area contributed by atoms with Crippen LogP contribution in [-0.4, -0.2) is 0 Å². The molecular weight excluding hydrogens is 156 g/mol. The van der Waals surface area contributed by atoms with Crippen molar-refractivity contribution in [1.82, 2.24) is 0 Å². The van der Waals surface area contributed by atoms with Gasteiger partial charge in [0.25, 0.3) is 0 Å². The van der Waals surface area contributed by atoms with E-state index >= 15 is 0 Å². The first-order valence-electron chi connectivity index (χ1n) is 4.95. The third-order valence-electron chi connectivity index (χ3n) is 2.19. The van der Waals surface area contributed by atoms with Crippen molar-refractivity contribution in [3.05, 3.63) is 37.0 Å². The summed E-state index contributed by atoms with van der Waals surface area (Å²) in [5.41, 5.74) is 2.44. The van der Waals surface area contributed by atoms with E-state index in [9.17, 15) is 0 Å². The van der Waals surface area contributed by atoms with Crippen molar-refractivity contribution in [2.24, 2.45) is 11.8 Å². The van der Waals surface area contributed by atoms with Gasteiger partial charge in [-0.1, -0.05) is 57.7 Å². The second-order valence-electron chi connectivity index (χ2n) is 4.23. The summed E-state index contributed by atoms with van der Waals surface area (Å²) in [7, 11) is 0. The quantitative estimate of drug-likeness (QED) is 0.419. The van der Waals surface area contributed by atoms with Crippen LogP contribution in [0.3, 0.4) is 0 Å². The topological polar surface area (TPSA) is 0 Å². The zero-order chi connectivity index (χ0) is 10.4. The molecule has 1 unspecified atom stereocenters. The maximum Gasteiger partial charge on any atom is -0.0159 e. The first-order valence-corrected chi connectivity index (χ1v) is 4.95. The monoisotopic (exact) mass is 178 g/mol. The Morgan fingerprint density at radius 3 is 2.08 bits per heavy atom. The highest BCUT2D eigenvalue weighted by molar-refractivity contribution is 5.16. The zero-order valence-corrected chi connectivity index (χ0v) is 9.27. The average Bonchev–Trinajstić information content (AvgIpc) is 2.01. The highest BCUT2D eigenvalue weighted by atomic mass is 14.1. The van der Waals surface area contributed by atoms with Crippen molar-refractivity contribution in [2.75, 3.05) is 0 Å². The van der Waals surface area contributed by atoms with E-state index in [0.29, 0.717) is 11.8 Å². The van der Waals surface area contributed by atoms with Crippen molar-refractivity contribution < 1.29 is 0 Å². The molecule has 0 amide bonds. The van der Waals surface area contributed by atoms with E-state index in [0.717, 1.165) is 18.4 Å². The molecule has 13 heavy (non-hydrogen) atoms. The Bertz CT molecular complexity index is 196. The SMILES string of the molecule is C=CC(=C)C(C)CC(=C)CC(C)C. The smallest absolute Gasteiger partial charge is 0.0159 e.